The molecule has 2 aromatic rings. The van der Waals surface area contributed by atoms with Crippen LogP contribution in [0.2, 0.25) is 0 Å². The van der Waals surface area contributed by atoms with Crippen LogP contribution in [0.1, 0.15) is 38.3 Å². The summed E-state index contributed by atoms with van der Waals surface area (Å²) in [7, 11) is 0. The number of nitro groups is 1. The molecule has 1 saturated heterocycles. The second kappa shape index (κ2) is 11.2. The van der Waals surface area contributed by atoms with Crippen molar-refractivity contribution in [1.82, 2.24) is 10.2 Å². The number of carbonyl (C=O) groups excluding carboxylic acids is 2. The van der Waals surface area contributed by atoms with E-state index in [0.717, 1.165) is 42.3 Å². The first kappa shape index (κ1) is 26.8. The fourth-order valence-electron chi connectivity index (χ4n) is 5.74. The maximum Gasteiger partial charge on any atom is 0.269 e. The molecule has 1 unspecified atom stereocenters. The van der Waals surface area contributed by atoms with E-state index >= 15 is 0 Å². The number of hydrogen-bond acceptors (Lipinski definition) is 8. The third-order valence-electron chi connectivity index (χ3n) is 7.59. The van der Waals surface area contributed by atoms with Crippen LogP contribution in [0.4, 0.5) is 17.1 Å². The first-order valence-corrected chi connectivity index (χ1v) is 13.4. The standard InChI is InChI=1S/C29H35N5O5/c1-29(2)17-23-27(25(35)18-29)28(20-7-9-21(10-8-20)34(37)38)33(24-6-4-3-5-22(24)31-23)19-26(36)30-11-12-32-13-15-39-16-14-32/h3-10,28,31H,11-19H2,1-2H3,(H,30,36). The van der Waals surface area contributed by atoms with Gasteiger partial charge in [0.05, 0.1) is 42.1 Å². The Balaban J connectivity index is 1.51. The molecule has 2 N–H and O–H groups in total. The van der Waals surface area contributed by atoms with Gasteiger partial charge in [0.15, 0.2) is 5.78 Å². The summed E-state index contributed by atoms with van der Waals surface area (Å²) in [5.74, 6) is -0.139. The molecule has 2 aromatic carbocycles. The van der Waals surface area contributed by atoms with Crippen molar-refractivity contribution in [2.75, 3.05) is 56.2 Å². The molecule has 5 rings (SSSR count). The van der Waals surface area contributed by atoms with Gasteiger partial charge in [-0.2, -0.15) is 0 Å². The molecule has 1 atom stereocenters. The molecule has 39 heavy (non-hydrogen) atoms. The Bertz CT molecular complexity index is 1280. The van der Waals surface area contributed by atoms with Crippen molar-refractivity contribution < 1.29 is 19.2 Å². The lowest BCUT2D eigenvalue weighted by Crippen LogP contribution is -2.45. The lowest BCUT2D eigenvalue weighted by Gasteiger charge is -2.37. The van der Waals surface area contributed by atoms with Crippen LogP contribution in [0, 0.1) is 15.5 Å². The van der Waals surface area contributed by atoms with E-state index in [1.807, 2.05) is 29.2 Å². The number of amides is 1. The third-order valence-corrected chi connectivity index (χ3v) is 7.59. The number of ether oxygens (including phenoxy) is 1. The van der Waals surface area contributed by atoms with Crippen molar-refractivity contribution in [2.45, 2.75) is 32.7 Å². The molecule has 10 heteroatoms. The van der Waals surface area contributed by atoms with Crippen molar-refractivity contribution in [2.24, 2.45) is 5.41 Å². The van der Waals surface area contributed by atoms with E-state index in [2.05, 4.69) is 29.4 Å². The SMILES string of the molecule is CC1(C)CC(=O)C2=C(C1)Nc1ccccc1N(CC(=O)NCCN1CCOCC1)C2c1ccc([N+](=O)[O-])cc1. The van der Waals surface area contributed by atoms with Gasteiger partial charge < -0.3 is 20.3 Å². The molecule has 1 amide bonds. The molecular formula is C29H35N5O5. The number of benzene rings is 2. The summed E-state index contributed by atoms with van der Waals surface area (Å²) >= 11 is 0. The maximum absolute atomic E-state index is 13.7. The number of nitrogens with one attached hydrogen (secondary N) is 2. The smallest absolute Gasteiger partial charge is 0.269 e. The molecule has 206 valence electrons. The van der Waals surface area contributed by atoms with Gasteiger partial charge in [-0.25, -0.2) is 0 Å². The van der Waals surface area contributed by atoms with Crippen LogP contribution in [0.15, 0.2) is 59.8 Å². The molecule has 3 aliphatic rings. The minimum absolute atomic E-state index is 0.0163. The Kier molecular flexibility index (Phi) is 7.67. The van der Waals surface area contributed by atoms with Gasteiger partial charge in [-0.3, -0.25) is 24.6 Å². The Morgan fingerprint density at radius 3 is 2.56 bits per heavy atom. The Morgan fingerprint density at radius 1 is 1.13 bits per heavy atom. The molecule has 0 radical (unpaired) electrons. The van der Waals surface area contributed by atoms with Crippen LogP contribution in [0.3, 0.4) is 0 Å². The van der Waals surface area contributed by atoms with E-state index < -0.39 is 11.0 Å². The molecule has 0 saturated carbocycles. The lowest BCUT2D eigenvalue weighted by molar-refractivity contribution is -0.384. The number of Topliss-reactive ketones (excluding diaryl/α,β-unsaturated/α-hetero) is 1. The number of para-hydroxylation sites is 2. The Hall–Kier alpha value is -3.76. The van der Waals surface area contributed by atoms with Crippen LogP contribution in [0.25, 0.3) is 0 Å². The summed E-state index contributed by atoms with van der Waals surface area (Å²) in [5.41, 5.74) is 3.54. The average molecular weight is 534 g/mol. The summed E-state index contributed by atoms with van der Waals surface area (Å²) in [6.07, 6.45) is 1.05. The van der Waals surface area contributed by atoms with E-state index in [4.69, 9.17) is 4.74 Å². The van der Waals surface area contributed by atoms with Gasteiger partial charge in [0, 0.05) is 56.0 Å². The molecule has 1 fully saturated rings. The van der Waals surface area contributed by atoms with Crippen LogP contribution < -0.4 is 15.5 Å². The van der Waals surface area contributed by atoms with E-state index in [1.165, 1.54) is 12.1 Å². The summed E-state index contributed by atoms with van der Waals surface area (Å²) in [6.45, 7) is 8.52. The number of ketones is 1. The molecule has 0 aromatic heterocycles. The highest BCUT2D eigenvalue weighted by atomic mass is 16.6. The van der Waals surface area contributed by atoms with Gasteiger partial charge in [0.1, 0.15) is 0 Å². The number of morpholine rings is 1. The topological polar surface area (TPSA) is 117 Å². The van der Waals surface area contributed by atoms with Crippen molar-refractivity contribution in [3.63, 3.8) is 0 Å². The van der Waals surface area contributed by atoms with E-state index in [-0.39, 0.29) is 29.3 Å². The van der Waals surface area contributed by atoms with Gasteiger partial charge in [0.25, 0.3) is 5.69 Å². The van der Waals surface area contributed by atoms with Crippen molar-refractivity contribution >= 4 is 28.8 Å². The van der Waals surface area contributed by atoms with Crippen molar-refractivity contribution in [1.29, 1.82) is 0 Å². The summed E-state index contributed by atoms with van der Waals surface area (Å²) in [5, 5.41) is 17.9. The molecule has 2 heterocycles. The molecule has 0 bridgehead atoms. The average Bonchev–Trinajstić information content (AvgIpc) is 3.03. The van der Waals surface area contributed by atoms with Crippen molar-refractivity contribution in [3.8, 4) is 0 Å². The fraction of sp³-hybridized carbons (Fsp3) is 0.448. The number of carbonyl (C=O) groups is 2. The number of anilines is 2. The van der Waals surface area contributed by atoms with Gasteiger partial charge in [-0.15, -0.1) is 0 Å². The van der Waals surface area contributed by atoms with Crippen LogP contribution in [0.5, 0.6) is 0 Å². The van der Waals surface area contributed by atoms with Gasteiger partial charge >= 0.3 is 0 Å². The van der Waals surface area contributed by atoms with E-state index in [0.29, 0.717) is 38.2 Å². The highest BCUT2D eigenvalue weighted by Gasteiger charge is 2.42. The number of hydrogen-bond donors (Lipinski definition) is 2. The monoisotopic (exact) mass is 533 g/mol. The summed E-state index contributed by atoms with van der Waals surface area (Å²) < 4.78 is 5.40. The molecular weight excluding hydrogens is 498 g/mol. The highest BCUT2D eigenvalue weighted by Crippen LogP contribution is 2.48. The normalized spacial score (nSPS) is 20.9. The Morgan fingerprint density at radius 2 is 1.85 bits per heavy atom. The van der Waals surface area contributed by atoms with Crippen LogP contribution >= 0.6 is 0 Å². The quantitative estimate of drug-likeness (QED) is 0.409. The number of nitro benzene ring substituents is 1. The zero-order valence-corrected chi connectivity index (χ0v) is 22.4. The minimum atomic E-state index is -0.578. The first-order valence-electron chi connectivity index (χ1n) is 13.4. The summed E-state index contributed by atoms with van der Waals surface area (Å²) in [4.78, 5) is 42.2. The zero-order valence-electron chi connectivity index (χ0n) is 22.4. The lowest BCUT2D eigenvalue weighted by atomic mass is 9.73. The maximum atomic E-state index is 13.7. The van der Waals surface area contributed by atoms with Gasteiger partial charge in [0.2, 0.25) is 5.91 Å². The molecule has 2 aliphatic heterocycles. The summed E-state index contributed by atoms with van der Waals surface area (Å²) in [6, 6.07) is 13.4. The minimum Gasteiger partial charge on any atom is -0.379 e. The van der Waals surface area contributed by atoms with Gasteiger partial charge in [-0.05, 0) is 41.7 Å². The number of allylic oxidation sites excluding steroid dienone is 1. The molecule has 10 nitrogen and oxygen atoms in total. The predicted molar refractivity (Wildman–Crippen MR) is 149 cm³/mol. The first-order chi connectivity index (χ1) is 18.7. The Labute approximate surface area is 228 Å². The van der Waals surface area contributed by atoms with E-state index in [1.54, 1.807) is 12.1 Å². The number of fused-ring (bicyclic) bond motifs is 1. The predicted octanol–water partition coefficient (Wildman–Crippen LogP) is 3.66. The fourth-order valence-corrected chi connectivity index (χ4v) is 5.74. The zero-order chi connectivity index (χ0) is 27.6. The van der Waals surface area contributed by atoms with Gasteiger partial charge in [-0.1, -0.05) is 26.0 Å². The number of rotatable bonds is 7. The van der Waals surface area contributed by atoms with Crippen LogP contribution in [-0.4, -0.2) is 67.5 Å². The second-order valence-electron chi connectivity index (χ2n) is 11.2. The second-order valence-corrected chi connectivity index (χ2v) is 11.2. The molecule has 1 aliphatic carbocycles. The van der Waals surface area contributed by atoms with Crippen LogP contribution in [-0.2, 0) is 14.3 Å². The van der Waals surface area contributed by atoms with E-state index in [9.17, 15) is 19.7 Å². The highest BCUT2D eigenvalue weighted by molar-refractivity contribution is 6.01. The number of non-ortho nitro benzene ring substituents is 1. The third kappa shape index (κ3) is 5.97. The largest absolute Gasteiger partial charge is 0.379 e. The molecule has 0 spiro atoms. The number of nitrogens with zero attached hydrogens (tertiary/aromatic N) is 3. The van der Waals surface area contributed by atoms with Crippen molar-refractivity contribution in [3.05, 3.63) is 75.5 Å².